The van der Waals surface area contributed by atoms with Crippen molar-refractivity contribution in [1.82, 2.24) is 5.32 Å². The summed E-state index contributed by atoms with van der Waals surface area (Å²) in [5.41, 5.74) is -0.890. The largest absolute Gasteiger partial charge is 0.480 e. The first-order valence-electron chi connectivity index (χ1n) is 5.26. The average Bonchev–Trinajstić information content (AvgIpc) is 2.09. The molecule has 88 valence electrons. The van der Waals surface area contributed by atoms with Crippen molar-refractivity contribution in [3.63, 3.8) is 0 Å². The third-order valence-corrected chi connectivity index (χ3v) is 2.60. The van der Waals surface area contributed by atoms with E-state index in [0.717, 1.165) is 0 Å². The second kappa shape index (κ2) is 5.44. The molecule has 1 heterocycles. The van der Waals surface area contributed by atoms with Crippen LogP contribution >= 0.6 is 0 Å². The fraction of sp³-hybridized carbons (Fsp3) is 0.900. The van der Waals surface area contributed by atoms with Crippen molar-refractivity contribution in [2.45, 2.75) is 31.9 Å². The van der Waals surface area contributed by atoms with Crippen LogP contribution in [-0.2, 0) is 14.3 Å². The van der Waals surface area contributed by atoms with Crippen LogP contribution in [0.15, 0.2) is 0 Å². The van der Waals surface area contributed by atoms with Crippen molar-refractivity contribution >= 4 is 5.97 Å². The zero-order valence-electron chi connectivity index (χ0n) is 9.28. The number of carboxylic acid groups (broad SMARTS) is 1. The number of carboxylic acids is 1. The van der Waals surface area contributed by atoms with E-state index in [1.54, 1.807) is 6.92 Å². The number of carbonyl (C=O) groups is 1. The lowest BCUT2D eigenvalue weighted by Crippen LogP contribution is -2.50. The summed E-state index contributed by atoms with van der Waals surface area (Å²) in [5, 5.41) is 12.0. The summed E-state index contributed by atoms with van der Waals surface area (Å²) in [6, 6.07) is 0. The molecule has 0 bridgehead atoms. The van der Waals surface area contributed by atoms with E-state index in [1.807, 2.05) is 6.92 Å². The zero-order chi connectivity index (χ0) is 11.3. The lowest BCUT2D eigenvalue weighted by Gasteiger charge is -2.29. The Labute approximate surface area is 89.8 Å². The van der Waals surface area contributed by atoms with Gasteiger partial charge >= 0.3 is 5.97 Å². The summed E-state index contributed by atoms with van der Waals surface area (Å²) in [4.78, 5) is 11.0. The molecule has 1 aliphatic rings. The summed E-state index contributed by atoms with van der Waals surface area (Å²) in [6.07, 6.45) is 0.622. The summed E-state index contributed by atoms with van der Waals surface area (Å²) in [6.45, 7) is 5.91. The van der Waals surface area contributed by atoms with Crippen LogP contribution in [0.2, 0.25) is 0 Å². The molecule has 0 amide bonds. The topological polar surface area (TPSA) is 67.8 Å². The number of rotatable bonds is 7. The molecule has 5 nitrogen and oxygen atoms in total. The van der Waals surface area contributed by atoms with Crippen LogP contribution in [0.3, 0.4) is 0 Å². The first-order chi connectivity index (χ1) is 7.08. The molecule has 5 heteroatoms. The molecule has 1 fully saturated rings. The van der Waals surface area contributed by atoms with Crippen LogP contribution in [0.1, 0.15) is 20.3 Å². The minimum absolute atomic E-state index is 0.157. The van der Waals surface area contributed by atoms with Gasteiger partial charge < -0.3 is 19.9 Å². The lowest BCUT2D eigenvalue weighted by molar-refractivity contribution is -0.149. The quantitative estimate of drug-likeness (QED) is 0.639. The second-order valence-corrected chi connectivity index (χ2v) is 3.95. The van der Waals surface area contributed by atoms with Crippen LogP contribution in [0, 0.1) is 0 Å². The van der Waals surface area contributed by atoms with Crippen molar-refractivity contribution < 1.29 is 19.4 Å². The third-order valence-electron chi connectivity index (χ3n) is 2.60. The summed E-state index contributed by atoms with van der Waals surface area (Å²) >= 11 is 0. The highest BCUT2D eigenvalue weighted by molar-refractivity contribution is 5.78. The first-order valence-corrected chi connectivity index (χ1v) is 5.26. The molecule has 1 aliphatic heterocycles. The summed E-state index contributed by atoms with van der Waals surface area (Å²) in [5.74, 6) is -0.835. The standard InChI is InChI=1S/C10H19NO4/c1-3-11-10(2,9(12)13)4-5-15-8-6-14-7-8/h8,11H,3-7H2,1-2H3,(H,12,13). The minimum atomic E-state index is -0.890. The number of hydrogen-bond acceptors (Lipinski definition) is 4. The van der Waals surface area contributed by atoms with Gasteiger partial charge in [0.05, 0.1) is 13.2 Å². The van der Waals surface area contributed by atoms with Gasteiger partial charge in [0.25, 0.3) is 0 Å². The maximum absolute atomic E-state index is 11.0. The molecule has 2 N–H and O–H groups in total. The lowest BCUT2D eigenvalue weighted by atomic mass is 9.98. The summed E-state index contributed by atoms with van der Waals surface area (Å²) < 4.78 is 10.4. The molecule has 0 aromatic rings. The molecule has 1 atom stereocenters. The molecular formula is C10H19NO4. The number of likely N-dealkylation sites (N-methyl/N-ethyl adjacent to an activating group) is 1. The Hall–Kier alpha value is -0.650. The normalized spacial score (nSPS) is 20.7. The molecule has 1 rings (SSSR count). The number of hydrogen-bond donors (Lipinski definition) is 2. The van der Waals surface area contributed by atoms with E-state index in [9.17, 15) is 4.79 Å². The Morgan fingerprint density at radius 2 is 2.33 bits per heavy atom. The van der Waals surface area contributed by atoms with Gasteiger partial charge in [-0.1, -0.05) is 6.92 Å². The Bertz CT molecular complexity index is 217. The van der Waals surface area contributed by atoms with Gasteiger partial charge in [0.2, 0.25) is 0 Å². The van der Waals surface area contributed by atoms with Crippen molar-refractivity contribution in [2.24, 2.45) is 0 Å². The van der Waals surface area contributed by atoms with E-state index in [0.29, 0.717) is 32.8 Å². The molecule has 0 saturated carbocycles. The molecule has 1 saturated heterocycles. The van der Waals surface area contributed by atoms with E-state index in [4.69, 9.17) is 14.6 Å². The Morgan fingerprint density at radius 1 is 1.67 bits per heavy atom. The maximum Gasteiger partial charge on any atom is 0.323 e. The predicted molar refractivity (Wildman–Crippen MR) is 54.9 cm³/mol. The van der Waals surface area contributed by atoms with Gasteiger partial charge in [0.1, 0.15) is 11.6 Å². The smallest absolute Gasteiger partial charge is 0.323 e. The molecule has 1 unspecified atom stereocenters. The van der Waals surface area contributed by atoms with Gasteiger partial charge in [0.15, 0.2) is 0 Å². The minimum Gasteiger partial charge on any atom is -0.480 e. The molecule has 0 aromatic heterocycles. The van der Waals surface area contributed by atoms with Crippen LogP contribution < -0.4 is 5.32 Å². The second-order valence-electron chi connectivity index (χ2n) is 3.95. The first kappa shape index (κ1) is 12.4. The molecule has 0 spiro atoms. The highest BCUT2D eigenvalue weighted by Crippen LogP contribution is 2.12. The predicted octanol–water partition coefficient (Wildman–Crippen LogP) is 0.245. The van der Waals surface area contributed by atoms with Gasteiger partial charge in [-0.25, -0.2) is 0 Å². The van der Waals surface area contributed by atoms with Crippen molar-refractivity contribution in [2.75, 3.05) is 26.4 Å². The van der Waals surface area contributed by atoms with Crippen molar-refractivity contribution in [3.8, 4) is 0 Å². The SMILES string of the molecule is CCNC(C)(CCOC1COC1)C(=O)O. The van der Waals surface area contributed by atoms with Crippen LogP contribution in [-0.4, -0.2) is 49.1 Å². The fourth-order valence-corrected chi connectivity index (χ4v) is 1.40. The van der Waals surface area contributed by atoms with Crippen LogP contribution in [0.4, 0.5) is 0 Å². The van der Waals surface area contributed by atoms with Gasteiger partial charge in [-0.05, 0) is 19.9 Å². The average molecular weight is 217 g/mol. The fourth-order valence-electron chi connectivity index (χ4n) is 1.40. The number of nitrogens with one attached hydrogen (secondary N) is 1. The Kier molecular flexibility index (Phi) is 4.50. The van der Waals surface area contributed by atoms with E-state index >= 15 is 0 Å². The van der Waals surface area contributed by atoms with E-state index in [-0.39, 0.29) is 6.10 Å². The highest BCUT2D eigenvalue weighted by atomic mass is 16.6. The Balaban J connectivity index is 2.26. The van der Waals surface area contributed by atoms with Gasteiger partial charge in [-0.3, -0.25) is 4.79 Å². The maximum atomic E-state index is 11.0. The van der Waals surface area contributed by atoms with Crippen molar-refractivity contribution in [3.05, 3.63) is 0 Å². The van der Waals surface area contributed by atoms with Gasteiger partial charge in [-0.15, -0.1) is 0 Å². The number of ether oxygens (including phenoxy) is 2. The van der Waals surface area contributed by atoms with Gasteiger partial charge in [-0.2, -0.15) is 0 Å². The van der Waals surface area contributed by atoms with Gasteiger partial charge in [0, 0.05) is 6.61 Å². The number of aliphatic carboxylic acids is 1. The van der Waals surface area contributed by atoms with Crippen LogP contribution in [0.25, 0.3) is 0 Å². The molecule has 15 heavy (non-hydrogen) atoms. The third kappa shape index (κ3) is 3.44. The monoisotopic (exact) mass is 217 g/mol. The van der Waals surface area contributed by atoms with E-state index in [2.05, 4.69) is 5.32 Å². The molecule has 0 aliphatic carbocycles. The van der Waals surface area contributed by atoms with E-state index in [1.165, 1.54) is 0 Å². The van der Waals surface area contributed by atoms with Crippen molar-refractivity contribution in [1.29, 1.82) is 0 Å². The molecular weight excluding hydrogens is 198 g/mol. The highest BCUT2D eigenvalue weighted by Gasteiger charge is 2.32. The Morgan fingerprint density at radius 3 is 2.73 bits per heavy atom. The molecule has 0 aromatic carbocycles. The van der Waals surface area contributed by atoms with E-state index < -0.39 is 11.5 Å². The molecule has 0 radical (unpaired) electrons. The zero-order valence-corrected chi connectivity index (χ0v) is 9.28. The summed E-state index contributed by atoms with van der Waals surface area (Å²) in [7, 11) is 0. The van der Waals surface area contributed by atoms with Crippen LogP contribution in [0.5, 0.6) is 0 Å².